The standard InChI is InChI=1S/C8H11N3O2S/c1-5-3-11(4-7(5)12)8(13)6-2-9-14-10-6/h2,5,7,12H,3-4H2,1H3. The minimum atomic E-state index is -0.412. The Hall–Kier alpha value is -1.01. The molecule has 2 unspecified atom stereocenters. The first kappa shape index (κ1) is 9.54. The molecule has 0 aromatic carbocycles. The van der Waals surface area contributed by atoms with Gasteiger partial charge in [0.15, 0.2) is 5.69 Å². The molecule has 1 N–H and O–H groups in total. The molecule has 1 amide bonds. The zero-order valence-corrected chi connectivity index (χ0v) is 8.57. The number of rotatable bonds is 1. The lowest BCUT2D eigenvalue weighted by molar-refractivity contribution is 0.0760. The maximum atomic E-state index is 11.7. The first-order valence-electron chi connectivity index (χ1n) is 4.43. The van der Waals surface area contributed by atoms with E-state index in [0.717, 1.165) is 11.7 Å². The molecule has 1 saturated heterocycles. The van der Waals surface area contributed by atoms with Crippen LogP contribution in [0.15, 0.2) is 6.20 Å². The second kappa shape index (κ2) is 3.62. The molecule has 1 fully saturated rings. The summed E-state index contributed by atoms with van der Waals surface area (Å²) in [7, 11) is 0. The first-order chi connectivity index (χ1) is 6.68. The SMILES string of the molecule is CC1CN(C(=O)c2cnsn2)CC1O. The highest BCUT2D eigenvalue weighted by atomic mass is 32.1. The van der Waals surface area contributed by atoms with Gasteiger partial charge in [-0.05, 0) is 0 Å². The molecule has 1 aromatic rings. The summed E-state index contributed by atoms with van der Waals surface area (Å²) < 4.78 is 7.64. The second-order valence-electron chi connectivity index (χ2n) is 3.55. The monoisotopic (exact) mass is 213 g/mol. The third kappa shape index (κ3) is 1.62. The van der Waals surface area contributed by atoms with Crippen molar-refractivity contribution in [2.24, 2.45) is 5.92 Å². The summed E-state index contributed by atoms with van der Waals surface area (Å²) in [4.78, 5) is 13.3. The average molecular weight is 213 g/mol. The molecule has 76 valence electrons. The Labute approximate surface area is 85.7 Å². The summed E-state index contributed by atoms with van der Waals surface area (Å²) in [6.45, 7) is 2.92. The number of hydrogen-bond acceptors (Lipinski definition) is 5. The lowest BCUT2D eigenvalue weighted by Crippen LogP contribution is -2.29. The van der Waals surface area contributed by atoms with Gasteiger partial charge in [-0.2, -0.15) is 8.75 Å². The topological polar surface area (TPSA) is 66.3 Å². The van der Waals surface area contributed by atoms with E-state index in [1.165, 1.54) is 6.20 Å². The molecule has 2 heterocycles. The number of aliphatic hydroxyl groups excluding tert-OH is 1. The normalized spacial score (nSPS) is 26.9. The molecule has 1 aliphatic rings. The van der Waals surface area contributed by atoms with Crippen molar-refractivity contribution in [1.82, 2.24) is 13.6 Å². The predicted molar refractivity (Wildman–Crippen MR) is 51.0 cm³/mol. The Bertz CT molecular complexity index is 317. The van der Waals surface area contributed by atoms with E-state index in [-0.39, 0.29) is 11.8 Å². The molecule has 0 radical (unpaired) electrons. The van der Waals surface area contributed by atoms with Crippen LogP contribution >= 0.6 is 11.7 Å². The van der Waals surface area contributed by atoms with Crippen LogP contribution in [0.3, 0.4) is 0 Å². The van der Waals surface area contributed by atoms with Crippen LogP contribution in [-0.4, -0.2) is 43.9 Å². The first-order valence-corrected chi connectivity index (χ1v) is 5.16. The predicted octanol–water partition coefficient (Wildman–Crippen LogP) is -0.00910. The van der Waals surface area contributed by atoms with Gasteiger partial charge in [-0.1, -0.05) is 6.92 Å². The van der Waals surface area contributed by atoms with Crippen molar-refractivity contribution in [3.8, 4) is 0 Å². The zero-order chi connectivity index (χ0) is 10.1. The van der Waals surface area contributed by atoms with E-state index in [9.17, 15) is 9.90 Å². The smallest absolute Gasteiger partial charge is 0.275 e. The fourth-order valence-electron chi connectivity index (χ4n) is 1.54. The molecule has 0 spiro atoms. The number of β-amino-alcohol motifs (C(OH)–C–C–N with tert-alkyl or cyclic N) is 1. The summed E-state index contributed by atoms with van der Waals surface area (Å²) in [5.74, 6) is 0.00712. The highest BCUT2D eigenvalue weighted by Crippen LogP contribution is 2.17. The van der Waals surface area contributed by atoms with Gasteiger partial charge in [-0.25, -0.2) is 0 Å². The van der Waals surface area contributed by atoms with Crippen molar-refractivity contribution < 1.29 is 9.90 Å². The number of nitrogens with zero attached hydrogens (tertiary/aromatic N) is 3. The lowest BCUT2D eigenvalue weighted by Gasteiger charge is -2.12. The van der Waals surface area contributed by atoms with Gasteiger partial charge in [0.25, 0.3) is 5.91 Å². The Balaban J connectivity index is 2.07. The summed E-state index contributed by atoms with van der Waals surface area (Å²) in [5.41, 5.74) is 0.372. The molecule has 2 rings (SSSR count). The van der Waals surface area contributed by atoms with Crippen molar-refractivity contribution in [2.75, 3.05) is 13.1 Å². The molecule has 0 aliphatic carbocycles. The number of hydrogen-bond donors (Lipinski definition) is 1. The van der Waals surface area contributed by atoms with E-state index in [1.54, 1.807) is 4.90 Å². The second-order valence-corrected chi connectivity index (χ2v) is 4.10. The van der Waals surface area contributed by atoms with Gasteiger partial charge < -0.3 is 10.0 Å². The number of aliphatic hydroxyl groups is 1. The van der Waals surface area contributed by atoms with Crippen molar-refractivity contribution in [3.05, 3.63) is 11.9 Å². The van der Waals surface area contributed by atoms with Crippen LogP contribution in [0.2, 0.25) is 0 Å². The molecule has 0 saturated carbocycles. The van der Waals surface area contributed by atoms with Crippen molar-refractivity contribution in [1.29, 1.82) is 0 Å². The minimum absolute atomic E-state index is 0.137. The quantitative estimate of drug-likeness (QED) is 0.712. The van der Waals surface area contributed by atoms with Gasteiger partial charge in [0.2, 0.25) is 0 Å². The molecular weight excluding hydrogens is 202 g/mol. The van der Waals surface area contributed by atoms with E-state index in [4.69, 9.17) is 0 Å². The lowest BCUT2D eigenvalue weighted by atomic mass is 10.1. The minimum Gasteiger partial charge on any atom is -0.391 e. The molecule has 1 aromatic heterocycles. The van der Waals surface area contributed by atoms with Gasteiger partial charge in [-0.3, -0.25) is 4.79 Å². The maximum Gasteiger partial charge on any atom is 0.275 e. The number of amides is 1. The third-order valence-electron chi connectivity index (χ3n) is 2.44. The molecule has 1 aliphatic heterocycles. The van der Waals surface area contributed by atoms with E-state index >= 15 is 0 Å². The van der Waals surface area contributed by atoms with Crippen LogP contribution in [0, 0.1) is 5.92 Å². The fraction of sp³-hybridized carbons (Fsp3) is 0.625. The van der Waals surface area contributed by atoms with Gasteiger partial charge in [0.05, 0.1) is 24.0 Å². The molecule has 0 bridgehead atoms. The third-order valence-corrected chi connectivity index (χ3v) is 2.92. The van der Waals surface area contributed by atoms with Gasteiger partial charge in [-0.15, -0.1) is 0 Å². The van der Waals surface area contributed by atoms with E-state index in [2.05, 4.69) is 8.75 Å². The van der Waals surface area contributed by atoms with Gasteiger partial charge in [0, 0.05) is 19.0 Å². The largest absolute Gasteiger partial charge is 0.391 e. The van der Waals surface area contributed by atoms with E-state index < -0.39 is 6.10 Å². The fourth-order valence-corrected chi connectivity index (χ4v) is 1.94. The Morgan fingerprint density at radius 3 is 3.00 bits per heavy atom. The number of carbonyl (C=O) groups excluding carboxylic acids is 1. The van der Waals surface area contributed by atoms with Gasteiger partial charge >= 0.3 is 0 Å². The van der Waals surface area contributed by atoms with E-state index in [0.29, 0.717) is 18.8 Å². The van der Waals surface area contributed by atoms with Crippen molar-refractivity contribution in [2.45, 2.75) is 13.0 Å². The molecule has 6 heteroatoms. The van der Waals surface area contributed by atoms with Crippen LogP contribution in [0.5, 0.6) is 0 Å². The number of aromatic nitrogens is 2. The summed E-state index contributed by atoms with van der Waals surface area (Å²) >= 11 is 1.02. The van der Waals surface area contributed by atoms with Crippen molar-refractivity contribution in [3.63, 3.8) is 0 Å². The van der Waals surface area contributed by atoms with Gasteiger partial charge in [0.1, 0.15) is 0 Å². The molecular formula is C8H11N3O2S. The van der Waals surface area contributed by atoms with Crippen LogP contribution in [0.4, 0.5) is 0 Å². The average Bonchev–Trinajstić information content (AvgIpc) is 2.76. The molecule has 5 nitrogen and oxygen atoms in total. The highest BCUT2D eigenvalue weighted by Gasteiger charge is 2.32. The Morgan fingerprint density at radius 1 is 1.71 bits per heavy atom. The van der Waals surface area contributed by atoms with Crippen LogP contribution in [0.1, 0.15) is 17.4 Å². The summed E-state index contributed by atoms with van der Waals surface area (Å²) in [6.07, 6.45) is 1.05. The number of carbonyl (C=O) groups is 1. The highest BCUT2D eigenvalue weighted by molar-refractivity contribution is 6.99. The van der Waals surface area contributed by atoms with E-state index in [1.807, 2.05) is 6.92 Å². The molecule has 14 heavy (non-hydrogen) atoms. The Kier molecular flexibility index (Phi) is 2.47. The maximum absolute atomic E-state index is 11.7. The van der Waals surface area contributed by atoms with Crippen LogP contribution < -0.4 is 0 Å². The van der Waals surface area contributed by atoms with Crippen LogP contribution in [0.25, 0.3) is 0 Å². The number of likely N-dealkylation sites (tertiary alicyclic amines) is 1. The Morgan fingerprint density at radius 2 is 2.50 bits per heavy atom. The molecule has 2 atom stereocenters. The van der Waals surface area contributed by atoms with Crippen molar-refractivity contribution >= 4 is 17.6 Å². The zero-order valence-electron chi connectivity index (χ0n) is 7.75. The van der Waals surface area contributed by atoms with Crippen LogP contribution in [-0.2, 0) is 0 Å². The summed E-state index contributed by atoms with van der Waals surface area (Å²) in [6, 6.07) is 0. The summed E-state index contributed by atoms with van der Waals surface area (Å²) in [5, 5.41) is 9.49.